The molecule has 4 bridgehead atoms. The summed E-state index contributed by atoms with van der Waals surface area (Å²) in [6.45, 7) is -2.42. The van der Waals surface area contributed by atoms with E-state index in [9.17, 15) is 101 Å². The summed E-state index contributed by atoms with van der Waals surface area (Å²) in [5.41, 5.74) is -12.4. The molecule has 15 N–H and O–H groups in total. The van der Waals surface area contributed by atoms with Gasteiger partial charge in [-0.05, 0) is 42.5 Å². The standard InChI is InChI=1S/C47H36O32/c48-15-1-11(2-16(49)26(15)57)36(61)70-10-23-30-32(73-37(62)12-3-17(50)27(58)18(51)4-12)33(40(72-23)77-38(63)13-5-19(52)28(59)20(53)6-13)74-39(64)14-7-21(54)29(60)31-25(14)34-43(41(65)75-30)8-24(56)45(67,46(34,68)78-31)79-44(43)42(66)76-35-22(55)9-71-47(35,44)69/h1-7,22-23,30,32-35,40,48-55,57-60,67-69H,8-10H2/t22-,23+,30+,32-,33+,34+,35+,40-,43-,44+,45+,46+,47-/m0/s1. The number of benzene rings is 4. The maximum atomic E-state index is 16.1. The minimum absolute atomic E-state index is 0.360. The van der Waals surface area contributed by atoms with Crippen LogP contribution in [0.4, 0.5) is 0 Å². The fourth-order valence-electron chi connectivity index (χ4n) is 11.0. The minimum Gasteiger partial charge on any atom is -0.504 e. The molecule has 12 rings (SSSR count). The Balaban J connectivity index is 1.16. The van der Waals surface area contributed by atoms with Gasteiger partial charge < -0.3 is 124 Å². The van der Waals surface area contributed by atoms with Gasteiger partial charge in [-0.15, -0.1) is 0 Å². The van der Waals surface area contributed by atoms with Gasteiger partial charge in [-0.25, -0.2) is 24.0 Å². The van der Waals surface area contributed by atoms with E-state index >= 15 is 9.59 Å². The van der Waals surface area contributed by atoms with Crippen molar-refractivity contribution in [2.45, 2.75) is 78.2 Å². The number of aliphatic hydroxyl groups excluding tert-OH is 1. The molecule has 7 aliphatic heterocycles. The van der Waals surface area contributed by atoms with Crippen LogP contribution < -0.4 is 4.74 Å². The van der Waals surface area contributed by atoms with Gasteiger partial charge in [0.15, 0.2) is 87.3 Å². The van der Waals surface area contributed by atoms with Gasteiger partial charge in [0, 0.05) is 12.0 Å². The van der Waals surface area contributed by atoms with Crippen LogP contribution in [0.2, 0.25) is 0 Å². The fraction of sp³-hybridized carbons (Fsp3) is 0.340. The summed E-state index contributed by atoms with van der Waals surface area (Å²) < 4.78 is 56.7. The van der Waals surface area contributed by atoms with Crippen LogP contribution in [0.5, 0.6) is 69.0 Å². The molecule has 4 aromatic carbocycles. The zero-order chi connectivity index (χ0) is 57.1. The first-order valence-corrected chi connectivity index (χ1v) is 22.7. The van der Waals surface area contributed by atoms with E-state index in [1.54, 1.807) is 0 Å². The predicted octanol–water partition coefficient (Wildman–Crippen LogP) is -2.85. The molecule has 32 nitrogen and oxygen atoms in total. The second kappa shape index (κ2) is 16.8. The number of carbonyl (C=O) groups is 7. The molecule has 6 fully saturated rings. The maximum Gasteiger partial charge on any atom is 0.346 e. The molecule has 7 heterocycles. The minimum atomic E-state index is -4.05. The average Bonchev–Trinajstić information content (AvgIpc) is 1.68. The summed E-state index contributed by atoms with van der Waals surface area (Å²) in [7, 11) is 0. The Kier molecular flexibility index (Phi) is 11.0. The van der Waals surface area contributed by atoms with Gasteiger partial charge in [0.2, 0.25) is 29.5 Å². The largest absolute Gasteiger partial charge is 0.504 e. The van der Waals surface area contributed by atoms with Gasteiger partial charge in [0.05, 0.1) is 34.8 Å². The molecule has 2 spiro atoms. The van der Waals surface area contributed by atoms with E-state index in [4.69, 9.17) is 47.4 Å². The number of aromatic hydroxyl groups is 11. The highest BCUT2D eigenvalue weighted by molar-refractivity contribution is 6.06. The lowest BCUT2D eigenvalue weighted by molar-refractivity contribution is -0.459. The number of ether oxygens (including phenoxy) is 10. The number of aliphatic hydroxyl groups is 4. The molecule has 8 aliphatic rings. The van der Waals surface area contributed by atoms with Gasteiger partial charge in [-0.2, -0.15) is 0 Å². The Morgan fingerprint density at radius 1 is 0.608 bits per heavy atom. The summed E-state index contributed by atoms with van der Waals surface area (Å²) in [6, 6.07) is 3.49. The lowest BCUT2D eigenvalue weighted by Gasteiger charge is -2.64. The Labute approximate surface area is 434 Å². The number of phenols is 11. The highest BCUT2D eigenvalue weighted by atomic mass is 16.8. The topological polar surface area (TPSA) is 515 Å². The van der Waals surface area contributed by atoms with Crippen LogP contribution in [-0.4, -0.2) is 197 Å². The molecule has 0 amide bonds. The van der Waals surface area contributed by atoms with E-state index in [-0.39, 0.29) is 0 Å². The van der Waals surface area contributed by atoms with Gasteiger partial charge >= 0.3 is 35.8 Å². The van der Waals surface area contributed by atoms with Crippen LogP contribution in [0.25, 0.3) is 0 Å². The smallest absolute Gasteiger partial charge is 0.346 e. The van der Waals surface area contributed by atoms with Crippen molar-refractivity contribution in [1.29, 1.82) is 0 Å². The van der Waals surface area contributed by atoms with Crippen molar-refractivity contribution in [3.05, 3.63) is 70.3 Å². The Morgan fingerprint density at radius 2 is 1.13 bits per heavy atom. The molecular weight excluding hydrogens is 1080 g/mol. The molecule has 79 heavy (non-hydrogen) atoms. The first kappa shape index (κ1) is 51.8. The molecule has 416 valence electrons. The van der Waals surface area contributed by atoms with Crippen molar-refractivity contribution >= 4 is 41.6 Å². The average molecular weight is 1110 g/mol. The maximum absolute atomic E-state index is 16.1. The SMILES string of the molecule is O=C(OC[C@H]1O[C@@H](OC(=O)c2cc(O)c(O)c(O)c2)[C@@H]2OC(=O)c3cc(O)c(O)c4c3[C@H]3[C@@](O)(O4)[C@]4(O)O[C@]5(C(=O)O[C@@H]6[C@@H](O)CO[C@@]65O)[C@]3(CC4=O)C(=O)O[C@H]1[C@@H]2OC(=O)c1cc(O)c(O)c(O)c1)c1cc(O)c(O)c(O)c1. The molecule has 1 aliphatic carbocycles. The molecular formula is C47H36O32. The number of hydrogen-bond donors (Lipinski definition) is 15. The number of ketones is 1. The molecule has 5 saturated heterocycles. The number of esters is 6. The van der Waals surface area contributed by atoms with Gasteiger partial charge in [-0.3, -0.25) is 9.59 Å². The van der Waals surface area contributed by atoms with E-state index in [1.165, 1.54) is 0 Å². The van der Waals surface area contributed by atoms with E-state index in [1.807, 2.05) is 0 Å². The molecule has 32 heteroatoms. The van der Waals surface area contributed by atoms with Crippen LogP contribution in [0, 0.1) is 5.41 Å². The number of Topliss-reactive ketones (excluding diaryl/α,β-unsaturated/α-hetero) is 1. The Bertz CT molecular complexity index is 3380. The van der Waals surface area contributed by atoms with Crippen LogP contribution in [-0.2, 0) is 57.0 Å². The first-order chi connectivity index (χ1) is 37.0. The molecule has 4 aromatic rings. The van der Waals surface area contributed by atoms with Crippen LogP contribution >= 0.6 is 0 Å². The van der Waals surface area contributed by atoms with E-state index in [0.717, 1.165) is 0 Å². The first-order valence-electron chi connectivity index (χ1n) is 22.7. The normalized spacial score (nSPS) is 33.6. The number of hydrogen-bond acceptors (Lipinski definition) is 32. The highest BCUT2D eigenvalue weighted by Gasteiger charge is 2.97. The molecule has 13 atom stereocenters. The lowest BCUT2D eigenvalue weighted by Crippen LogP contribution is -2.88. The summed E-state index contributed by atoms with van der Waals surface area (Å²) in [6.07, 6.45) is -19.5. The number of fused-ring (bicyclic) bond motifs is 4. The number of carbonyl (C=O) groups excluding carboxylic acids is 7. The third-order valence-corrected chi connectivity index (χ3v) is 14.6. The third kappa shape index (κ3) is 6.75. The van der Waals surface area contributed by atoms with Crippen molar-refractivity contribution in [3.63, 3.8) is 0 Å². The van der Waals surface area contributed by atoms with Crippen LogP contribution in [0.1, 0.15) is 59.3 Å². The van der Waals surface area contributed by atoms with Crippen molar-refractivity contribution in [2.24, 2.45) is 5.41 Å². The third-order valence-electron chi connectivity index (χ3n) is 14.6. The summed E-state index contributed by atoms with van der Waals surface area (Å²) >= 11 is 0. The summed E-state index contributed by atoms with van der Waals surface area (Å²) in [4.78, 5) is 103. The zero-order valence-corrected chi connectivity index (χ0v) is 38.9. The van der Waals surface area contributed by atoms with Crippen molar-refractivity contribution < 1.29 is 158 Å². The zero-order valence-electron chi connectivity index (χ0n) is 38.9. The number of rotatable bonds is 7. The number of phenolic OH excluding ortho intramolecular Hbond substituents is 11. The molecule has 0 radical (unpaired) electrons. The lowest BCUT2D eigenvalue weighted by atomic mass is 9.47. The Morgan fingerprint density at radius 3 is 1.68 bits per heavy atom. The van der Waals surface area contributed by atoms with Crippen LogP contribution in [0.15, 0.2) is 42.5 Å². The molecule has 0 unspecified atom stereocenters. The fourth-order valence-corrected chi connectivity index (χ4v) is 11.0. The molecule has 1 saturated carbocycles. The van der Waals surface area contributed by atoms with E-state index < -0.39 is 235 Å². The quantitative estimate of drug-likeness (QED) is 0.0503. The van der Waals surface area contributed by atoms with E-state index in [2.05, 4.69) is 0 Å². The summed E-state index contributed by atoms with van der Waals surface area (Å²) in [5, 5.41) is 163. The van der Waals surface area contributed by atoms with Crippen molar-refractivity contribution in [3.8, 4) is 69.0 Å². The molecule has 0 aromatic heterocycles. The van der Waals surface area contributed by atoms with E-state index in [0.29, 0.717) is 42.5 Å². The van der Waals surface area contributed by atoms with Gasteiger partial charge in [-0.1, -0.05) is 0 Å². The van der Waals surface area contributed by atoms with Crippen molar-refractivity contribution in [2.75, 3.05) is 13.2 Å². The highest BCUT2D eigenvalue weighted by Crippen LogP contribution is 2.75. The van der Waals surface area contributed by atoms with Gasteiger partial charge in [0.1, 0.15) is 24.2 Å². The van der Waals surface area contributed by atoms with Gasteiger partial charge in [0.25, 0.3) is 11.6 Å². The summed E-state index contributed by atoms with van der Waals surface area (Å²) in [5.74, 6) is -41.8. The second-order valence-corrected chi connectivity index (χ2v) is 18.9. The Hall–Kier alpha value is -9.31. The van der Waals surface area contributed by atoms with Crippen LogP contribution in [0.3, 0.4) is 0 Å². The second-order valence-electron chi connectivity index (χ2n) is 18.9. The predicted molar refractivity (Wildman–Crippen MR) is 233 cm³/mol. The van der Waals surface area contributed by atoms with Crippen molar-refractivity contribution in [1.82, 2.24) is 0 Å². The monoisotopic (exact) mass is 1110 g/mol.